The first kappa shape index (κ1) is 25.4. The number of aryl methyl sites for hydroxylation is 1. The second-order valence-corrected chi connectivity index (χ2v) is 9.67. The average molecular weight is 515 g/mol. The quantitative estimate of drug-likeness (QED) is 0.317. The lowest BCUT2D eigenvalue weighted by Crippen LogP contribution is -2.33. The molecule has 0 saturated carbocycles. The van der Waals surface area contributed by atoms with Crippen LogP contribution in [0.4, 0.5) is 5.82 Å². The number of phosphoric ester groups is 1. The highest BCUT2D eigenvalue weighted by molar-refractivity contribution is 7.47. The number of aliphatic hydroxyl groups excluding tert-OH is 1. The molecule has 2 aromatic heterocycles. The molecule has 0 spiro atoms. The van der Waals surface area contributed by atoms with Crippen LogP contribution in [0.5, 0.6) is 0 Å². The van der Waals surface area contributed by atoms with Gasteiger partial charge in [0.15, 0.2) is 0 Å². The number of hydrogen-bond acceptors (Lipinski definition) is 11. The Labute approximate surface area is 197 Å². The van der Waals surface area contributed by atoms with Crippen LogP contribution in [0.25, 0.3) is 0 Å². The van der Waals surface area contributed by atoms with E-state index in [0.29, 0.717) is 12.8 Å². The third kappa shape index (κ3) is 5.78. The van der Waals surface area contributed by atoms with E-state index in [1.54, 1.807) is 0 Å². The van der Waals surface area contributed by atoms with Crippen LogP contribution in [-0.2, 0) is 23.1 Å². The molecule has 5 N–H and O–H groups in total. The molecule has 2 fully saturated rings. The smallest absolute Gasteiger partial charge is 0.394 e. The van der Waals surface area contributed by atoms with E-state index >= 15 is 0 Å². The number of rotatable bonds is 8. The molecule has 6 atom stereocenters. The lowest BCUT2D eigenvalue weighted by Gasteiger charge is -2.21. The van der Waals surface area contributed by atoms with Gasteiger partial charge in [-0.3, -0.25) is 28.0 Å². The van der Waals surface area contributed by atoms with Crippen LogP contribution in [0.1, 0.15) is 37.3 Å². The zero-order chi connectivity index (χ0) is 25.3. The molecule has 2 aliphatic heterocycles. The fourth-order valence-electron chi connectivity index (χ4n) is 3.98. The number of nitrogens with zero attached hydrogens (tertiary/aromatic N) is 3. The van der Waals surface area contributed by atoms with Crippen LogP contribution in [0.3, 0.4) is 0 Å². The summed E-state index contributed by atoms with van der Waals surface area (Å²) in [6.45, 7) is 0.670. The minimum absolute atomic E-state index is 0.0560. The number of aromatic amines is 1. The summed E-state index contributed by atoms with van der Waals surface area (Å²) in [5, 5.41) is 9.62. The Hall–Kier alpha value is -2.65. The van der Waals surface area contributed by atoms with Crippen LogP contribution in [0.2, 0.25) is 0 Å². The van der Waals surface area contributed by atoms with Gasteiger partial charge < -0.3 is 25.2 Å². The Bertz CT molecular complexity index is 1290. The molecule has 4 rings (SSSR count). The molecule has 2 saturated heterocycles. The highest BCUT2D eigenvalue weighted by Gasteiger charge is 2.42. The first-order valence-corrected chi connectivity index (χ1v) is 12.3. The minimum Gasteiger partial charge on any atom is -0.394 e. The van der Waals surface area contributed by atoms with Crippen LogP contribution >= 0.6 is 7.82 Å². The summed E-state index contributed by atoms with van der Waals surface area (Å²) in [5.74, 6) is 0.0855. The Morgan fingerprint density at radius 1 is 1.26 bits per heavy atom. The number of H-pyrrole nitrogens is 1. The summed E-state index contributed by atoms with van der Waals surface area (Å²) in [5.41, 5.74) is 3.90. The predicted octanol–water partition coefficient (Wildman–Crippen LogP) is -0.856. The van der Waals surface area contributed by atoms with E-state index in [4.69, 9.17) is 24.3 Å². The molecule has 0 aromatic carbocycles. The molecule has 0 amide bonds. The number of anilines is 1. The van der Waals surface area contributed by atoms with E-state index in [-0.39, 0.29) is 24.4 Å². The van der Waals surface area contributed by atoms with Crippen molar-refractivity contribution in [3.05, 3.63) is 55.3 Å². The summed E-state index contributed by atoms with van der Waals surface area (Å²) in [7, 11) is -4.61. The first-order valence-electron chi connectivity index (χ1n) is 10.8. The Balaban J connectivity index is 1.35. The molecule has 15 nitrogen and oxygen atoms in total. The third-order valence-corrected chi connectivity index (χ3v) is 6.77. The van der Waals surface area contributed by atoms with Gasteiger partial charge in [0.1, 0.15) is 30.5 Å². The number of nitrogens with one attached hydrogen (secondary N) is 1. The number of phosphoric acid groups is 1. The molecule has 16 heteroatoms. The van der Waals surface area contributed by atoms with E-state index in [1.165, 1.54) is 30.0 Å². The molecule has 0 aliphatic carbocycles. The van der Waals surface area contributed by atoms with Gasteiger partial charge >= 0.3 is 19.2 Å². The average Bonchev–Trinajstić information content (AvgIpc) is 3.41. The molecule has 2 aromatic rings. The van der Waals surface area contributed by atoms with Gasteiger partial charge in [-0.1, -0.05) is 0 Å². The standard InChI is InChI=1S/C19H26N5O10P/c1-10-7-24(19(28)22-17(10)26)16-6-12(13(8-25)33-16)34-35(29,30)31-9-11-2-3-15(32-11)23-5-4-14(20)21-18(23)27/h4-5,7,11-13,15-16,25H,2-3,6,8-9H2,1H3,(H,29,30)(H2,20,21,27)(H,22,26,28). The Kier molecular flexibility index (Phi) is 7.38. The molecule has 35 heavy (non-hydrogen) atoms. The van der Waals surface area contributed by atoms with Crippen molar-refractivity contribution >= 4 is 13.6 Å². The normalized spacial score (nSPS) is 28.3. The van der Waals surface area contributed by atoms with E-state index in [2.05, 4.69) is 9.97 Å². The van der Waals surface area contributed by atoms with Crippen molar-refractivity contribution in [1.29, 1.82) is 0 Å². The van der Waals surface area contributed by atoms with Crippen molar-refractivity contribution in [2.75, 3.05) is 18.9 Å². The van der Waals surface area contributed by atoms with E-state index < -0.39 is 62.1 Å². The molecule has 4 heterocycles. The number of aliphatic hydroxyl groups is 1. The van der Waals surface area contributed by atoms with Crippen molar-refractivity contribution in [2.45, 2.75) is 57.0 Å². The number of hydrogen-bond donors (Lipinski definition) is 4. The van der Waals surface area contributed by atoms with Gasteiger partial charge in [-0.05, 0) is 25.8 Å². The van der Waals surface area contributed by atoms with Gasteiger partial charge in [0.2, 0.25) is 0 Å². The zero-order valence-corrected chi connectivity index (χ0v) is 19.6. The highest BCUT2D eigenvalue weighted by atomic mass is 31.2. The molecular formula is C19H26N5O10P. The molecule has 0 bridgehead atoms. The number of aromatic nitrogens is 4. The van der Waals surface area contributed by atoms with Gasteiger partial charge in [0.25, 0.3) is 5.56 Å². The maximum absolute atomic E-state index is 12.6. The van der Waals surface area contributed by atoms with E-state index in [1.807, 2.05) is 0 Å². The van der Waals surface area contributed by atoms with Gasteiger partial charge in [-0.25, -0.2) is 14.2 Å². The third-order valence-electron chi connectivity index (χ3n) is 5.76. The summed E-state index contributed by atoms with van der Waals surface area (Å²) in [6, 6.07) is 1.46. The zero-order valence-electron chi connectivity index (χ0n) is 18.7. The molecule has 6 unspecified atom stereocenters. The van der Waals surface area contributed by atoms with Gasteiger partial charge in [-0.15, -0.1) is 0 Å². The molecule has 192 valence electrons. The van der Waals surface area contributed by atoms with Gasteiger partial charge in [0.05, 0.1) is 19.3 Å². The Morgan fingerprint density at radius 2 is 2.03 bits per heavy atom. The summed E-state index contributed by atoms with van der Waals surface area (Å²) < 4.78 is 36.6. The SMILES string of the molecule is Cc1cn(C2CC(OP(=O)(O)OCC3CCC(n4ccc(N)nc4=O)O3)C(CO)O2)c(=O)[nH]c1=O. The van der Waals surface area contributed by atoms with Crippen LogP contribution in [0.15, 0.2) is 32.8 Å². The van der Waals surface area contributed by atoms with Crippen molar-refractivity contribution in [2.24, 2.45) is 0 Å². The van der Waals surface area contributed by atoms with Crippen molar-refractivity contribution < 1.29 is 33.1 Å². The van der Waals surface area contributed by atoms with Crippen molar-refractivity contribution in [1.82, 2.24) is 19.1 Å². The fraction of sp³-hybridized carbons (Fsp3) is 0.579. The second kappa shape index (κ2) is 10.1. The fourth-order valence-corrected chi connectivity index (χ4v) is 4.96. The number of nitrogen functional groups attached to an aromatic ring is 1. The van der Waals surface area contributed by atoms with Crippen LogP contribution in [0, 0.1) is 6.92 Å². The van der Waals surface area contributed by atoms with Gasteiger partial charge in [-0.2, -0.15) is 4.98 Å². The lowest BCUT2D eigenvalue weighted by molar-refractivity contribution is -0.0508. The van der Waals surface area contributed by atoms with E-state index in [0.717, 1.165) is 4.57 Å². The van der Waals surface area contributed by atoms with Crippen molar-refractivity contribution in [3.63, 3.8) is 0 Å². The monoisotopic (exact) mass is 515 g/mol. The molecular weight excluding hydrogens is 489 g/mol. The lowest BCUT2D eigenvalue weighted by atomic mass is 10.2. The topological polar surface area (TPSA) is 210 Å². The van der Waals surface area contributed by atoms with Crippen LogP contribution in [-0.4, -0.2) is 60.6 Å². The largest absolute Gasteiger partial charge is 0.472 e. The maximum atomic E-state index is 12.6. The summed E-state index contributed by atoms with van der Waals surface area (Å²) in [4.78, 5) is 51.7. The first-order chi connectivity index (χ1) is 16.6. The van der Waals surface area contributed by atoms with Crippen LogP contribution < -0.4 is 22.7 Å². The maximum Gasteiger partial charge on any atom is 0.472 e. The number of nitrogens with two attached hydrogens (primary N) is 1. The predicted molar refractivity (Wildman–Crippen MR) is 118 cm³/mol. The summed E-state index contributed by atoms with van der Waals surface area (Å²) >= 11 is 0. The molecule has 0 radical (unpaired) electrons. The number of ether oxygens (including phenoxy) is 2. The molecule has 2 aliphatic rings. The highest BCUT2D eigenvalue weighted by Crippen LogP contribution is 2.48. The summed E-state index contributed by atoms with van der Waals surface area (Å²) in [6.07, 6.45) is -0.630. The van der Waals surface area contributed by atoms with Crippen molar-refractivity contribution in [3.8, 4) is 0 Å². The minimum atomic E-state index is -4.61. The second-order valence-electron chi connectivity index (χ2n) is 8.27. The Morgan fingerprint density at radius 3 is 2.74 bits per heavy atom. The van der Waals surface area contributed by atoms with Gasteiger partial charge in [0, 0.05) is 24.4 Å². The van der Waals surface area contributed by atoms with E-state index in [9.17, 15) is 28.9 Å².